The lowest BCUT2D eigenvalue weighted by Crippen LogP contribution is -2.20. The van der Waals surface area contributed by atoms with Crippen LogP contribution in [-0.4, -0.2) is 6.10 Å². The molecular formula is C30H30F2OS. The number of benzene rings is 3. The number of hydrogen-bond acceptors (Lipinski definition) is 2. The van der Waals surface area contributed by atoms with Gasteiger partial charge in [-0.3, -0.25) is 0 Å². The normalized spacial score (nSPS) is 18.4. The fourth-order valence-electron chi connectivity index (χ4n) is 5.03. The van der Waals surface area contributed by atoms with Crippen LogP contribution in [0.2, 0.25) is 0 Å². The summed E-state index contributed by atoms with van der Waals surface area (Å²) in [6, 6.07) is 21.4. The van der Waals surface area contributed by atoms with Crippen molar-refractivity contribution >= 4 is 21.4 Å². The molecule has 1 heterocycles. The lowest BCUT2D eigenvalue weighted by atomic mass is 9.82. The third kappa shape index (κ3) is 5.24. The monoisotopic (exact) mass is 476 g/mol. The van der Waals surface area contributed by atoms with Gasteiger partial charge in [0.1, 0.15) is 0 Å². The Morgan fingerprint density at radius 1 is 0.824 bits per heavy atom. The summed E-state index contributed by atoms with van der Waals surface area (Å²) in [4.78, 5) is 1.30. The minimum absolute atomic E-state index is 0.318. The van der Waals surface area contributed by atoms with Gasteiger partial charge < -0.3 is 4.74 Å². The van der Waals surface area contributed by atoms with Gasteiger partial charge in [-0.25, -0.2) is 8.78 Å². The molecule has 3 aromatic carbocycles. The zero-order chi connectivity index (χ0) is 23.5. The van der Waals surface area contributed by atoms with Crippen LogP contribution in [0, 0.1) is 11.6 Å². The summed E-state index contributed by atoms with van der Waals surface area (Å²) in [7, 11) is 0. The molecule has 0 spiro atoms. The second-order valence-corrected chi connectivity index (χ2v) is 10.5. The Kier molecular flexibility index (Phi) is 7.07. The molecule has 1 aliphatic rings. The van der Waals surface area contributed by atoms with Crippen LogP contribution in [0.1, 0.15) is 60.9 Å². The van der Waals surface area contributed by atoms with E-state index in [1.165, 1.54) is 44.6 Å². The molecule has 1 saturated carbocycles. The molecule has 1 aliphatic carbocycles. The van der Waals surface area contributed by atoms with Crippen molar-refractivity contribution in [2.45, 2.75) is 64.1 Å². The highest BCUT2D eigenvalue weighted by Crippen LogP contribution is 2.36. The number of rotatable bonds is 7. The maximum Gasteiger partial charge on any atom is 0.159 e. The van der Waals surface area contributed by atoms with E-state index < -0.39 is 11.6 Å². The van der Waals surface area contributed by atoms with Crippen LogP contribution < -0.4 is 0 Å². The van der Waals surface area contributed by atoms with Crippen LogP contribution in [0.5, 0.6) is 0 Å². The van der Waals surface area contributed by atoms with E-state index in [-0.39, 0.29) is 0 Å². The van der Waals surface area contributed by atoms with Crippen molar-refractivity contribution < 1.29 is 13.5 Å². The highest BCUT2D eigenvalue weighted by molar-refractivity contribution is 7.19. The average molecular weight is 477 g/mol. The summed E-state index contributed by atoms with van der Waals surface area (Å²) < 4.78 is 34.4. The Balaban J connectivity index is 1.14. The molecule has 34 heavy (non-hydrogen) atoms. The smallest absolute Gasteiger partial charge is 0.159 e. The Morgan fingerprint density at radius 2 is 1.59 bits per heavy atom. The van der Waals surface area contributed by atoms with Gasteiger partial charge in [-0.15, -0.1) is 11.3 Å². The lowest BCUT2D eigenvalue weighted by molar-refractivity contribution is 0.0147. The molecule has 4 heteroatoms. The van der Waals surface area contributed by atoms with Crippen LogP contribution in [0.15, 0.2) is 66.7 Å². The number of hydrogen-bond donors (Lipinski definition) is 0. The summed E-state index contributed by atoms with van der Waals surface area (Å²) in [6.07, 6.45) is 7.00. The summed E-state index contributed by atoms with van der Waals surface area (Å²) in [5.74, 6) is -1.09. The first-order valence-electron chi connectivity index (χ1n) is 12.3. The number of thiophene rings is 1. The largest absolute Gasteiger partial charge is 0.373 e. The van der Waals surface area contributed by atoms with Crippen molar-refractivity contribution in [2.75, 3.05) is 0 Å². The van der Waals surface area contributed by atoms with Gasteiger partial charge in [0, 0.05) is 9.58 Å². The topological polar surface area (TPSA) is 9.23 Å². The second kappa shape index (κ2) is 10.4. The third-order valence-corrected chi connectivity index (χ3v) is 8.02. The van der Waals surface area contributed by atoms with E-state index in [0.717, 1.165) is 37.7 Å². The minimum Gasteiger partial charge on any atom is -0.373 e. The summed E-state index contributed by atoms with van der Waals surface area (Å²) >= 11 is 1.86. The van der Waals surface area contributed by atoms with Crippen molar-refractivity contribution in [3.63, 3.8) is 0 Å². The second-order valence-electron chi connectivity index (χ2n) is 9.37. The first-order chi connectivity index (χ1) is 16.6. The van der Waals surface area contributed by atoms with Crippen molar-refractivity contribution in [1.82, 2.24) is 0 Å². The number of fused-ring (bicyclic) bond motifs is 1. The molecule has 1 fully saturated rings. The molecule has 0 aliphatic heterocycles. The lowest BCUT2D eigenvalue weighted by Gasteiger charge is -2.29. The zero-order valence-electron chi connectivity index (χ0n) is 19.5. The molecule has 4 aromatic rings. The fraction of sp³-hybridized carbons (Fsp3) is 0.333. The van der Waals surface area contributed by atoms with Gasteiger partial charge >= 0.3 is 0 Å². The molecule has 0 amide bonds. The predicted octanol–water partition coefficient (Wildman–Crippen LogP) is 9.04. The van der Waals surface area contributed by atoms with E-state index in [1.807, 2.05) is 23.5 Å². The van der Waals surface area contributed by atoms with Crippen molar-refractivity contribution in [3.05, 3.63) is 94.4 Å². The SMILES string of the molecule is CCCc1ccc2cc(COC3CCC(c4ccc(-c5ccc(F)c(F)c5)cc4)CC3)sc2c1. The zero-order valence-corrected chi connectivity index (χ0v) is 20.3. The first-order valence-corrected chi connectivity index (χ1v) is 13.1. The fourth-order valence-corrected chi connectivity index (χ4v) is 6.08. The number of aryl methyl sites for hydroxylation is 1. The molecular weight excluding hydrogens is 446 g/mol. The predicted molar refractivity (Wildman–Crippen MR) is 137 cm³/mol. The maximum absolute atomic E-state index is 13.6. The standard InChI is InChI=1S/C30H30F2OS/c1-2-3-20-4-5-25-17-27(34-30(25)16-20)19-33-26-13-10-22(11-14-26)21-6-8-23(9-7-21)24-12-15-28(31)29(32)18-24/h4-9,12,15-18,22,26H,2-3,10-11,13-14,19H2,1H3. The Labute approximate surface area is 204 Å². The van der Waals surface area contributed by atoms with Gasteiger partial charge in [0.15, 0.2) is 11.6 Å². The Bertz CT molecular complexity index is 1250. The minimum atomic E-state index is -0.812. The molecule has 176 valence electrons. The van der Waals surface area contributed by atoms with E-state index in [0.29, 0.717) is 24.2 Å². The molecule has 0 bridgehead atoms. The molecule has 1 aromatic heterocycles. The van der Waals surface area contributed by atoms with Gasteiger partial charge in [-0.2, -0.15) is 0 Å². The molecule has 0 N–H and O–H groups in total. The Morgan fingerprint density at radius 3 is 2.32 bits per heavy atom. The molecule has 0 unspecified atom stereocenters. The van der Waals surface area contributed by atoms with Crippen molar-refractivity contribution in [1.29, 1.82) is 0 Å². The van der Waals surface area contributed by atoms with E-state index in [2.05, 4.69) is 43.3 Å². The van der Waals surface area contributed by atoms with Crippen LogP contribution in [0.3, 0.4) is 0 Å². The van der Waals surface area contributed by atoms with Gasteiger partial charge in [-0.05, 0) is 89.9 Å². The molecule has 0 saturated heterocycles. The van der Waals surface area contributed by atoms with Crippen LogP contribution in [0.25, 0.3) is 21.2 Å². The highest BCUT2D eigenvalue weighted by Gasteiger charge is 2.23. The van der Waals surface area contributed by atoms with Crippen molar-refractivity contribution in [3.8, 4) is 11.1 Å². The number of ether oxygens (including phenoxy) is 1. The van der Waals surface area contributed by atoms with Gasteiger partial charge in [-0.1, -0.05) is 55.8 Å². The summed E-state index contributed by atoms with van der Waals surface area (Å²) in [6.45, 7) is 2.92. The van der Waals surface area contributed by atoms with Gasteiger partial charge in [0.2, 0.25) is 0 Å². The van der Waals surface area contributed by atoms with Gasteiger partial charge in [0.05, 0.1) is 12.7 Å². The molecule has 5 rings (SSSR count). The number of halogens is 2. The summed E-state index contributed by atoms with van der Waals surface area (Å²) in [5.41, 5.74) is 4.34. The summed E-state index contributed by atoms with van der Waals surface area (Å²) in [5, 5.41) is 1.32. The van der Waals surface area contributed by atoms with Gasteiger partial charge in [0.25, 0.3) is 0 Å². The maximum atomic E-state index is 13.6. The van der Waals surface area contributed by atoms with Crippen LogP contribution in [0.4, 0.5) is 8.78 Å². The molecule has 0 radical (unpaired) electrons. The van der Waals surface area contributed by atoms with E-state index >= 15 is 0 Å². The average Bonchev–Trinajstić information content (AvgIpc) is 3.27. The molecule has 0 atom stereocenters. The van der Waals surface area contributed by atoms with E-state index in [9.17, 15) is 8.78 Å². The van der Waals surface area contributed by atoms with Crippen LogP contribution >= 0.6 is 11.3 Å². The Hall–Kier alpha value is -2.56. The van der Waals surface area contributed by atoms with E-state index in [1.54, 1.807) is 6.07 Å². The quantitative estimate of drug-likeness (QED) is 0.258. The highest BCUT2D eigenvalue weighted by atomic mass is 32.1. The van der Waals surface area contributed by atoms with Crippen molar-refractivity contribution in [2.24, 2.45) is 0 Å². The van der Waals surface area contributed by atoms with E-state index in [4.69, 9.17) is 4.74 Å². The third-order valence-electron chi connectivity index (χ3n) is 6.94. The first kappa shape index (κ1) is 23.2. The van der Waals surface area contributed by atoms with Crippen LogP contribution in [-0.2, 0) is 17.8 Å². The molecule has 1 nitrogen and oxygen atoms in total.